The van der Waals surface area contributed by atoms with E-state index in [0.29, 0.717) is 29.8 Å². The average Bonchev–Trinajstić information content (AvgIpc) is 2.71. The van der Waals surface area contributed by atoms with Gasteiger partial charge >= 0.3 is 0 Å². The lowest BCUT2D eigenvalue weighted by atomic mass is 9.96. The van der Waals surface area contributed by atoms with Crippen LogP contribution in [0.1, 0.15) is 17.3 Å². The summed E-state index contributed by atoms with van der Waals surface area (Å²) in [7, 11) is 0. The number of pyridine rings is 1. The fourth-order valence-corrected chi connectivity index (χ4v) is 1.96. The van der Waals surface area contributed by atoms with Crippen molar-refractivity contribution < 1.29 is 9.90 Å². The van der Waals surface area contributed by atoms with E-state index in [-0.39, 0.29) is 5.91 Å². The second-order valence-corrected chi connectivity index (χ2v) is 4.55. The number of fused-ring (bicyclic) bond motifs is 1. The number of aromatic nitrogens is 4. The Balaban J connectivity index is 1.86. The lowest BCUT2D eigenvalue weighted by molar-refractivity contribution is -0.0668. The van der Waals surface area contributed by atoms with Gasteiger partial charge in [-0.1, -0.05) is 0 Å². The molecule has 7 heteroatoms. The molecule has 0 spiro atoms. The number of aliphatic hydroxyl groups is 1. The Labute approximate surface area is 96.5 Å². The lowest BCUT2D eigenvalue weighted by Crippen LogP contribution is -2.61. The number of β-amino-alcohol motifs (C(OH)–C–C–N with tert-alkyl or cyclic N) is 1. The maximum Gasteiger partial charge on any atom is 0.255 e. The molecule has 2 aromatic rings. The Kier molecular flexibility index (Phi) is 1.93. The third-order valence-corrected chi connectivity index (χ3v) is 2.77. The van der Waals surface area contributed by atoms with Crippen LogP contribution in [0.15, 0.2) is 12.3 Å². The summed E-state index contributed by atoms with van der Waals surface area (Å²) >= 11 is 0. The van der Waals surface area contributed by atoms with Gasteiger partial charge in [-0.25, -0.2) is 4.98 Å². The van der Waals surface area contributed by atoms with E-state index in [1.165, 1.54) is 6.20 Å². The van der Waals surface area contributed by atoms with Crippen LogP contribution in [0.4, 0.5) is 0 Å². The number of likely N-dealkylation sites (tertiary alicyclic amines) is 1. The van der Waals surface area contributed by atoms with E-state index in [1.54, 1.807) is 17.9 Å². The summed E-state index contributed by atoms with van der Waals surface area (Å²) < 4.78 is 0. The number of carbonyl (C=O) groups excluding carboxylic acids is 1. The van der Waals surface area contributed by atoms with Crippen LogP contribution in [0.3, 0.4) is 0 Å². The fourth-order valence-electron chi connectivity index (χ4n) is 1.96. The molecule has 1 fully saturated rings. The maximum atomic E-state index is 12.0. The van der Waals surface area contributed by atoms with Gasteiger partial charge in [0.2, 0.25) is 5.65 Å². The smallest absolute Gasteiger partial charge is 0.255 e. The van der Waals surface area contributed by atoms with Crippen molar-refractivity contribution in [2.75, 3.05) is 13.1 Å². The van der Waals surface area contributed by atoms with Crippen molar-refractivity contribution in [2.45, 2.75) is 12.5 Å². The number of nitrogens with one attached hydrogen (secondary N) is 1. The third kappa shape index (κ3) is 1.64. The number of amides is 1. The zero-order chi connectivity index (χ0) is 12.0. The Bertz CT molecular complexity index is 583. The normalized spacial score (nSPS) is 18.1. The van der Waals surface area contributed by atoms with Crippen molar-refractivity contribution in [3.8, 4) is 0 Å². The highest BCUT2D eigenvalue weighted by Crippen LogP contribution is 2.22. The first-order valence-corrected chi connectivity index (χ1v) is 5.23. The molecular weight excluding hydrogens is 222 g/mol. The standard InChI is InChI=1S/C10H11N5O2/c1-10(17)4-15(5-10)9(16)6-2-7-8(11-3-6)13-14-12-7/h2-3,17H,4-5H2,1H3,(H,11,12,13,14). The SMILES string of the molecule is CC1(O)CN(C(=O)c2cnc3n[nH]nc3c2)C1. The first kappa shape index (κ1) is 10.2. The third-order valence-electron chi connectivity index (χ3n) is 2.77. The highest BCUT2D eigenvalue weighted by molar-refractivity contribution is 5.96. The molecule has 1 aliphatic heterocycles. The van der Waals surface area contributed by atoms with E-state index in [2.05, 4.69) is 20.4 Å². The van der Waals surface area contributed by atoms with Crippen LogP contribution in [0, 0.1) is 0 Å². The van der Waals surface area contributed by atoms with E-state index in [0.717, 1.165) is 0 Å². The minimum Gasteiger partial charge on any atom is -0.386 e. The largest absolute Gasteiger partial charge is 0.386 e. The minimum absolute atomic E-state index is 0.145. The molecule has 2 N–H and O–H groups in total. The molecule has 7 nitrogen and oxygen atoms in total. The second kappa shape index (κ2) is 3.24. The van der Waals surface area contributed by atoms with Crippen LogP contribution in [0.25, 0.3) is 11.2 Å². The van der Waals surface area contributed by atoms with Crippen molar-refractivity contribution in [1.82, 2.24) is 25.3 Å². The molecule has 2 aromatic heterocycles. The molecule has 0 atom stereocenters. The van der Waals surface area contributed by atoms with Crippen LogP contribution < -0.4 is 0 Å². The monoisotopic (exact) mass is 233 g/mol. The molecule has 0 radical (unpaired) electrons. The Hall–Kier alpha value is -2.02. The molecule has 3 rings (SSSR count). The fraction of sp³-hybridized carbons (Fsp3) is 0.400. The first-order valence-electron chi connectivity index (χ1n) is 5.23. The summed E-state index contributed by atoms with van der Waals surface area (Å²) in [5.41, 5.74) is 0.739. The van der Waals surface area contributed by atoms with Crippen LogP contribution in [-0.2, 0) is 0 Å². The van der Waals surface area contributed by atoms with Gasteiger partial charge in [-0.05, 0) is 13.0 Å². The van der Waals surface area contributed by atoms with Gasteiger partial charge in [0.15, 0.2) is 0 Å². The van der Waals surface area contributed by atoms with E-state index in [9.17, 15) is 9.90 Å². The quantitative estimate of drug-likeness (QED) is 0.696. The highest BCUT2D eigenvalue weighted by Gasteiger charge is 2.39. The average molecular weight is 233 g/mol. The molecule has 3 heterocycles. The van der Waals surface area contributed by atoms with Crippen molar-refractivity contribution in [2.24, 2.45) is 0 Å². The summed E-state index contributed by atoms with van der Waals surface area (Å²) in [6, 6.07) is 1.64. The molecule has 88 valence electrons. The molecular formula is C10H11N5O2. The van der Waals surface area contributed by atoms with Crippen LogP contribution in [-0.4, -0.2) is 55.0 Å². The predicted molar refractivity (Wildman–Crippen MR) is 58.2 cm³/mol. The van der Waals surface area contributed by atoms with E-state index >= 15 is 0 Å². The molecule has 0 aliphatic carbocycles. The van der Waals surface area contributed by atoms with Gasteiger partial charge in [0.1, 0.15) is 5.52 Å². The summed E-state index contributed by atoms with van der Waals surface area (Å²) in [5, 5.41) is 19.7. The maximum absolute atomic E-state index is 12.0. The van der Waals surface area contributed by atoms with Gasteiger partial charge in [0.25, 0.3) is 5.91 Å². The molecule has 0 aromatic carbocycles. The van der Waals surface area contributed by atoms with Crippen molar-refractivity contribution >= 4 is 17.1 Å². The Morgan fingerprint density at radius 1 is 1.53 bits per heavy atom. The number of rotatable bonds is 1. The summed E-state index contributed by atoms with van der Waals surface area (Å²) in [6.45, 7) is 2.40. The molecule has 1 saturated heterocycles. The number of carbonyl (C=O) groups is 1. The Morgan fingerprint density at radius 3 is 3.00 bits per heavy atom. The van der Waals surface area contributed by atoms with Crippen LogP contribution in [0.2, 0.25) is 0 Å². The van der Waals surface area contributed by atoms with E-state index < -0.39 is 5.60 Å². The predicted octanol–water partition coefficient (Wildman–Crippen LogP) is -0.440. The molecule has 0 unspecified atom stereocenters. The zero-order valence-electron chi connectivity index (χ0n) is 9.21. The number of nitrogens with zero attached hydrogens (tertiary/aromatic N) is 4. The van der Waals surface area contributed by atoms with Crippen molar-refractivity contribution in [3.63, 3.8) is 0 Å². The van der Waals surface area contributed by atoms with Gasteiger partial charge in [0.05, 0.1) is 24.3 Å². The Morgan fingerprint density at radius 2 is 2.29 bits per heavy atom. The zero-order valence-corrected chi connectivity index (χ0v) is 9.21. The molecule has 17 heavy (non-hydrogen) atoms. The van der Waals surface area contributed by atoms with Gasteiger partial charge in [0, 0.05) is 6.20 Å². The molecule has 1 amide bonds. The summed E-state index contributed by atoms with van der Waals surface area (Å²) in [6.07, 6.45) is 1.47. The number of hydrogen-bond donors (Lipinski definition) is 2. The van der Waals surface area contributed by atoms with Gasteiger partial charge in [-0.3, -0.25) is 4.79 Å². The number of aromatic amines is 1. The topological polar surface area (TPSA) is 95.0 Å². The van der Waals surface area contributed by atoms with E-state index in [4.69, 9.17) is 0 Å². The summed E-state index contributed by atoms with van der Waals surface area (Å²) in [4.78, 5) is 17.6. The minimum atomic E-state index is -0.763. The lowest BCUT2D eigenvalue weighted by Gasteiger charge is -2.44. The molecule has 1 aliphatic rings. The number of hydrogen-bond acceptors (Lipinski definition) is 5. The van der Waals surface area contributed by atoms with Crippen molar-refractivity contribution in [1.29, 1.82) is 0 Å². The van der Waals surface area contributed by atoms with Crippen LogP contribution in [0.5, 0.6) is 0 Å². The van der Waals surface area contributed by atoms with Crippen LogP contribution >= 0.6 is 0 Å². The first-order chi connectivity index (χ1) is 8.05. The highest BCUT2D eigenvalue weighted by atomic mass is 16.3. The summed E-state index contributed by atoms with van der Waals surface area (Å²) in [5.74, 6) is -0.145. The molecule has 0 saturated carbocycles. The number of H-pyrrole nitrogens is 1. The van der Waals surface area contributed by atoms with E-state index in [1.807, 2.05) is 0 Å². The van der Waals surface area contributed by atoms with Gasteiger partial charge in [-0.2, -0.15) is 10.3 Å². The molecule has 0 bridgehead atoms. The van der Waals surface area contributed by atoms with Crippen molar-refractivity contribution in [3.05, 3.63) is 17.8 Å². The van der Waals surface area contributed by atoms with Gasteiger partial charge < -0.3 is 10.0 Å². The second-order valence-electron chi connectivity index (χ2n) is 4.55. The van der Waals surface area contributed by atoms with Gasteiger partial charge in [-0.15, -0.1) is 5.10 Å².